The molecule has 0 saturated heterocycles. The van der Waals surface area contributed by atoms with Gasteiger partial charge in [0.15, 0.2) is 12.5 Å². The van der Waals surface area contributed by atoms with Crippen LogP contribution in [0.1, 0.15) is 34.1 Å². The lowest BCUT2D eigenvalue weighted by molar-refractivity contribution is -0.884. The fourth-order valence-corrected chi connectivity index (χ4v) is 1.34. The maximum absolute atomic E-state index is 11.8. The first-order chi connectivity index (χ1) is 7.10. The van der Waals surface area contributed by atoms with E-state index in [-0.39, 0.29) is 17.1 Å². The molecule has 0 heterocycles. The van der Waals surface area contributed by atoms with Crippen molar-refractivity contribution < 1.29 is 14.1 Å². The third kappa shape index (κ3) is 5.26. The molecule has 94 valence electrons. The third-order valence-electron chi connectivity index (χ3n) is 2.82. The van der Waals surface area contributed by atoms with Crippen molar-refractivity contribution in [3.63, 3.8) is 0 Å². The van der Waals surface area contributed by atoms with Gasteiger partial charge in [-0.25, -0.2) is 0 Å². The van der Waals surface area contributed by atoms with Gasteiger partial charge in [-0.05, 0) is 6.42 Å². The number of hydrogen-bond acceptors (Lipinski definition) is 2. The first kappa shape index (κ1) is 15.1. The van der Waals surface area contributed by atoms with E-state index in [1.165, 1.54) is 0 Å². The molecule has 4 heteroatoms. The highest BCUT2D eigenvalue weighted by molar-refractivity contribution is 5.81. The standard InChI is InChI=1S/C12H24N2O2/c1-7-12(3,4)11(16)13-9-14(5,6)8-10(2)15/h7-9H2,1-6H3/p+1. The minimum atomic E-state index is -0.337. The minimum Gasteiger partial charge on any atom is -0.309 e. The molecule has 0 rings (SSSR count). The molecule has 0 aromatic heterocycles. The number of Topliss-reactive ketones (excluding diaryl/α,β-unsaturated/α-hetero) is 1. The predicted molar refractivity (Wildman–Crippen MR) is 64.7 cm³/mol. The zero-order chi connectivity index (χ0) is 13.0. The van der Waals surface area contributed by atoms with E-state index in [9.17, 15) is 9.59 Å². The van der Waals surface area contributed by atoms with Crippen LogP contribution in [0.4, 0.5) is 0 Å². The Balaban J connectivity index is 4.25. The number of carbonyl (C=O) groups excluding carboxylic acids is 2. The van der Waals surface area contributed by atoms with Gasteiger partial charge in [-0.15, -0.1) is 0 Å². The van der Waals surface area contributed by atoms with E-state index in [0.717, 1.165) is 6.42 Å². The smallest absolute Gasteiger partial charge is 0.229 e. The highest BCUT2D eigenvalue weighted by Crippen LogP contribution is 2.19. The zero-order valence-electron chi connectivity index (χ0n) is 11.4. The van der Waals surface area contributed by atoms with Gasteiger partial charge < -0.3 is 9.80 Å². The van der Waals surface area contributed by atoms with Gasteiger partial charge in [-0.3, -0.25) is 9.59 Å². The number of hydrogen-bond donors (Lipinski definition) is 1. The third-order valence-corrected chi connectivity index (χ3v) is 2.82. The van der Waals surface area contributed by atoms with Crippen molar-refractivity contribution in [2.75, 3.05) is 27.3 Å². The van der Waals surface area contributed by atoms with Crippen LogP contribution >= 0.6 is 0 Å². The van der Waals surface area contributed by atoms with E-state index in [2.05, 4.69) is 5.32 Å². The maximum atomic E-state index is 11.8. The molecule has 16 heavy (non-hydrogen) atoms. The Labute approximate surface area is 98.6 Å². The molecule has 0 aromatic carbocycles. The number of rotatable bonds is 6. The van der Waals surface area contributed by atoms with Crippen molar-refractivity contribution in [3.8, 4) is 0 Å². The minimum absolute atomic E-state index is 0.0461. The van der Waals surface area contributed by atoms with Crippen LogP contribution in [0.15, 0.2) is 0 Å². The number of nitrogens with one attached hydrogen (secondary N) is 1. The lowest BCUT2D eigenvalue weighted by Gasteiger charge is -2.30. The Morgan fingerprint density at radius 2 is 1.75 bits per heavy atom. The van der Waals surface area contributed by atoms with E-state index >= 15 is 0 Å². The maximum Gasteiger partial charge on any atom is 0.229 e. The summed E-state index contributed by atoms with van der Waals surface area (Å²) in [5.41, 5.74) is -0.337. The first-order valence-corrected chi connectivity index (χ1v) is 5.70. The molecule has 0 saturated carbocycles. The zero-order valence-corrected chi connectivity index (χ0v) is 11.4. The van der Waals surface area contributed by atoms with Crippen molar-refractivity contribution in [1.82, 2.24) is 5.32 Å². The second-order valence-electron chi connectivity index (χ2n) is 5.70. The number of amides is 1. The van der Waals surface area contributed by atoms with Crippen LogP contribution in [-0.2, 0) is 9.59 Å². The van der Waals surface area contributed by atoms with Crippen LogP contribution in [0.5, 0.6) is 0 Å². The molecule has 0 atom stereocenters. The predicted octanol–water partition coefficient (Wildman–Crippen LogP) is 1.16. The summed E-state index contributed by atoms with van der Waals surface area (Å²) < 4.78 is 0.487. The molecule has 0 spiro atoms. The van der Waals surface area contributed by atoms with Crippen molar-refractivity contribution in [2.45, 2.75) is 34.1 Å². The number of ketones is 1. The molecule has 0 aliphatic rings. The van der Waals surface area contributed by atoms with Crippen molar-refractivity contribution in [2.24, 2.45) is 5.41 Å². The summed E-state index contributed by atoms with van der Waals surface area (Å²) >= 11 is 0. The first-order valence-electron chi connectivity index (χ1n) is 5.70. The van der Waals surface area contributed by atoms with Crippen LogP contribution in [0, 0.1) is 5.41 Å². The summed E-state index contributed by atoms with van der Waals surface area (Å²) in [5.74, 6) is 0.179. The summed E-state index contributed by atoms with van der Waals surface area (Å²) in [6.45, 7) is 8.34. The van der Waals surface area contributed by atoms with E-state index in [1.807, 2.05) is 34.9 Å². The Morgan fingerprint density at radius 1 is 1.25 bits per heavy atom. The summed E-state index contributed by atoms with van der Waals surface area (Å²) in [5, 5.41) is 2.90. The number of likely N-dealkylation sites (N-methyl/N-ethyl adjacent to an activating group) is 1. The van der Waals surface area contributed by atoms with Crippen molar-refractivity contribution in [1.29, 1.82) is 0 Å². The van der Waals surface area contributed by atoms with Crippen LogP contribution in [-0.4, -0.2) is 43.5 Å². The second kappa shape index (κ2) is 5.43. The Kier molecular flexibility index (Phi) is 5.13. The van der Waals surface area contributed by atoms with E-state index in [4.69, 9.17) is 0 Å². The molecule has 4 nitrogen and oxygen atoms in total. The van der Waals surface area contributed by atoms with E-state index in [0.29, 0.717) is 17.7 Å². The molecule has 0 bridgehead atoms. The fourth-order valence-electron chi connectivity index (χ4n) is 1.34. The highest BCUT2D eigenvalue weighted by Gasteiger charge is 2.27. The second-order valence-corrected chi connectivity index (χ2v) is 5.70. The van der Waals surface area contributed by atoms with Gasteiger partial charge in [-0.1, -0.05) is 20.8 Å². The van der Waals surface area contributed by atoms with Gasteiger partial charge in [0, 0.05) is 12.3 Å². The number of carbonyl (C=O) groups is 2. The SMILES string of the molecule is CCC(C)(C)C(=O)NC[N+](C)(C)CC(C)=O. The topological polar surface area (TPSA) is 46.2 Å². The normalized spacial score (nSPS) is 12.4. The molecule has 1 N–H and O–H groups in total. The van der Waals surface area contributed by atoms with Crippen LogP contribution in [0.3, 0.4) is 0 Å². The average Bonchev–Trinajstić information content (AvgIpc) is 2.12. The number of nitrogens with zero attached hydrogens (tertiary/aromatic N) is 1. The highest BCUT2D eigenvalue weighted by atomic mass is 16.2. The molecular weight excluding hydrogens is 204 g/mol. The molecule has 0 unspecified atom stereocenters. The summed E-state index contributed by atoms with van der Waals surface area (Å²) in [7, 11) is 3.86. The van der Waals surface area contributed by atoms with Gasteiger partial charge in [0.2, 0.25) is 5.91 Å². The van der Waals surface area contributed by atoms with Crippen LogP contribution in [0.25, 0.3) is 0 Å². The van der Waals surface area contributed by atoms with Gasteiger partial charge in [0.25, 0.3) is 0 Å². The van der Waals surface area contributed by atoms with Crippen LogP contribution in [0.2, 0.25) is 0 Å². The van der Waals surface area contributed by atoms with Crippen LogP contribution < -0.4 is 5.32 Å². The van der Waals surface area contributed by atoms with E-state index < -0.39 is 0 Å². The van der Waals surface area contributed by atoms with Crippen molar-refractivity contribution in [3.05, 3.63) is 0 Å². The van der Waals surface area contributed by atoms with E-state index in [1.54, 1.807) is 6.92 Å². The summed E-state index contributed by atoms with van der Waals surface area (Å²) in [4.78, 5) is 22.9. The lowest BCUT2D eigenvalue weighted by atomic mass is 9.89. The summed E-state index contributed by atoms with van der Waals surface area (Å²) in [6, 6.07) is 0. The van der Waals surface area contributed by atoms with Gasteiger partial charge >= 0.3 is 0 Å². The van der Waals surface area contributed by atoms with Gasteiger partial charge in [0.05, 0.1) is 14.1 Å². The Hall–Kier alpha value is -0.900. The molecule has 0 aliphatic carbocycles. The average molecular weight is 229 g/mol. The fraction of sp³-hybridized carbons (Fsp3) is 0.833. The van der Waals surface area contributed by atoms with Gasteiger partial charge in [0.1, 0.15) is 6.54 Å². The quantitative estimate of drug-likeness (QED) is 0.549. The largest absolute Gasteiger partial charge is 0.309 e. The van der Waals surface area contributed by atoms with Gasteiger partial charge in [-0.2, -0.15) is 0 Å². The van der Waals surface area contributed by atoms with Crippen molar-refractivity contribution >= 4 is 11.7 Å². The Bertz CT molecular complexity index is 270. The molecule has 0 aromatic rings. The molecule has 1 amide bonds. The lowest BCUT2D eigenvalue weighted by Crippen LogP contribution is -2.52. The molecule has 0 fully saturated rings. The number of quaternary nitrogens is 1. The molecule has 0 aliphatic heterocycles. The monoisotopic (exact) mass is 229 g/mol. The summed E-state index contributed by atoms with van der Waals surface area (Å²) in [6.07, 6.45) is 0.805. The molecular formula is C12H25N2O2+. The Morgan fingerprint density at radius 3 is 2.12 bits per heavy atom. The molecule has 0 radical (unpaired) electrons.